The van der Waals surface area contributed by atoms with E-state index >= 15 is 0 Å². The number of fused-ring (bicyclic) bond motifs is 1. The Morgan fingerprint density at radius 2 is 1.68 bits per heavy atom. The molecule has 1 aromatic heterocycles. The van der Waals surface area contributed by atoms with Gasteiger partial charge < -0.3 is 20.1 Å². The summed E-state index contributed by atoms with van der Waals surface area (Å²) < 4.78 is 39.1. The molecular formula is C23H22N4O5S2. The molecular weight excluding hydrogens is 476 g/mol. The Balaban J connectivity index is 1.58. The fraction of sp³-hybridized carbons (Fsp3) is 0.130. The zero-order chi connectivity index (χ0) is 24.3. The van der Waals surface area contributed by atoms with Crippen LogP contribution in [0.25, 0.3) is 10.2 Å². The number of hydrogen-bond acceptors (Lipinski definition) is 7. The SMILES string of the molecule is COc1ccc(C)cc1NC(=O)Nc1cc(OC)c2nc(NS(=O)(=O)c3ccccc3)sc2c1. The molecule has 0 saturated carbocycles. The van der Waals surface area contributed by atoms with Crippen LogP contribution in [0.2, 0.25) is 0 Å². The van der Waals surface area contributed by atoms with Crippen molar-refractivity contribution in [3.63, 3.8) is 0 Å². The minimum atomic E-state index is -3.79. The van der Waals surface area contributed by atoms with Gasteiger partial charge in [-0.2, -0.15) is 0 Å². The Labute approximate surface area is 200 Å². The summed E-state index contributed by atoms with van der Waals surface area (Å²) in [7, 11) is -0.786. The van der Waals surface area contributed by atoms with Crippen LogP contribution < -0.4 is 24.8 Å². The lowest BCUT2D eigenvalue weighted by Gasteiger charge is -2.12. The van der Waals surface area contributed by atoms with Crippen molar-refractivity contribution in [1.82, 2.24) is 4.98 Å². The van der Waals surface area contributed by atoms with Gasteiger partial charge in [0, 0.05) is 11.8 Å². The second kappa shape index (κ2) is 9.57. The molecule has 0 radical (unpaired) electrons. The highest BCUT2D eigenvalue weighted by atomic mass is 32.2. The Kier molecular flexibility index (Phi) is 6.57. The summed E-state index contributed by atoms with van der Waals surface area (Å²) in [4.78, 5) is 17.1. The molecule has 4 rings (SSSR count). The van der Waals surface area contributed by atoms with Crippen LogP contribution in [0, 0.1) is 6.92 Å². The first-order chi connectivity index (χ1) is 16.3. The van der Waals surface area contributed by atoms with Gasteiger partial charge in [-0.25, -0.2) is 18.2 Å². The van der Waals surface area contributed by atoms with Gasteiger partial charge in [-0.3, -0.25) is 4.72 Å². The third kappa shape index (κ3) is 5.05. The number of nitrogens with zero attached hydrogens (tertiary/aromatic N) is 1. The Hall–Kier alpha value is -3.83. The first-order valence-electron chi connectivity index (χ1n) is 10.1. The molecule has 3 N–H and O–H groups in total. The molecule has 176 valence electrons. The maximum atomic E-state index is 12.6. The smallest absolute Gasteiger partial charge is 0.323 e. The first-order valence-corrected chi connectivity index (χ1v) is 12.4. The molecule has 0 saturated heterocycles. The van der Waals surface area contributed by atoms with Crippen LogP contribution in [-0.2, 0) is 10.0 Å². The summed E-state index contributed by atoms with van der Waals surface area (Å²) in [6.07, 6.45) is 0. The number of carbonyl (C=O) groups is 1. The van der Waals surface area contributed by atoms with Gasteiger partial charge in [-0.1, -0.05) is 35.6 Å². The molecule has 0 unspecified atom stereocenters. The Bertz CT molecular complexity index is 1450. The summed E-state index contributed by atoms with van der Waals surface area (Å²) in [6, 6.07) is 16.3. The van der Waals surface area contributed by atoms with E-state index < -0.39 is 16.1 Å². The maximum absolute atomic E-state index is 12.6. The number of rotatable bonds is 7. The zero-order valence-corrected chi connectivity index (χ0v) is 20.2. The largest absolute Gasteiger partial charge is 0.495 e. The van der Waals surface area contributed by atoms with Crippen LogP contribution in [0.3, 0.4) is 0 Å². The summed E-state index contributed by atoms with van der Waals surface area (Å²) in [5, 5.41) is 5.72. The van der Waals surface area contributed by atoms with Crippen molar-refractivity contribution in [3.8, 4) is 11.5 Å². The van der Waals surface area contributed by atoms with Crippen molar-refractivity contribution in [3.05, 3.63) is 66.2 Å². The molecule has 9 nitrogen and oxygen atoms in total. The number of anilines is 3. The lowest BCUT2D eigenvalue weighted by molar-refractivity contribution is 0.262. The average Bonchev–Trinajstić information content (AvgIpc) is 3.20. The van der Waals surface area contributed by atoms with E-state index in [0.717, 1.165) is 16.9 Å². The number of carbonyl (C=O) groups excluding carboxylic acids is 1. The fourth-order valence-corrected chi connectivity index (χ4v) is 5.43. The molecule has 11 heteroatoms. The summed E-state index contributed by atoms with van der Waals surface area (Å²) >= 11 is 1.13. The molecule has 3 aromatic carbocycles. The predicted molar refractivity (Wildman–Crippen MR) is 134 cm³/mol. The van der Waals surface area contributed by atoms with Crippen molar-refractivity contribution in [2.75, 3.05) is 29.6 Å². The van der Waals surface area contributed by atoms with Gasteiger partial charge in [0.15, 0.2) is 5.13 Å². The van der Waals surface area contributed by atoms with Crippen molar-refractivity contribution < 1.29 is 22.7 Å². The highest BCUT2D eigenvalue weighted by Crippen LogP contribution is 2.36. The lowest BCUT2D eigenvalue weighted by Crippen LogP contribution is -2.19. The van der Waals surface area contributed by atoms with E-state index in [1.54, 1.807) is 42.5 Å². The summed E-state index contributed by atoms with van der Waals surface area (Å²) in [5.41, 5.74) is 2.43. The summed E-state index contributed by atoms with van der Waals surface area (Å²) in [6.45, 7) is 1.91. The molecule has 2 amide bonds. The number of aryl methyl sites for hydroxylation is 1. The molecule has 4 aromatic rings. The second-order valence-corrected chi connectivity index (χ2v) is 9.96. The third-order valence-corrected chi connectivity index (χ3v) is 7.22. The highest BCUT2D eigenvalue weighted by molar-refractivity contribution is 7.93. The van der Waals surface area contributed by atoms with E-state index in [2.05, 4.69) is 20.3 Å². The quantitative estimate of drug-likeness (QED) is 0.327. The van der Waals surface area contributed by atoms with Gasteiger partial charge in [0.2, 0.25) is 0 Å². The monoisotopic (exact) mass is 498 g/mol. The third-order valence-electron chi connectivity index (χ3n) is 4.82. The molecule has 1 heterocycles. The molecule has 0 aliphatic carbocycles. The topological polar surface area (TPSA) is 119 Å². The Morgan fingerprint density at radius 1 is 0.941 bits per heavy atom. The van der Waals surface area contributed by atoms with Crippen LogP contribution in [-0.4, -0.2) is 33.7 Å². The number of hydrogen-bond donors (Lipinski definition) is 3. The minimum absolute atomic E-state index is 0.131. The van der Waals surface area contributed by atoms with E-state index in [1.807, 2.05) is 13.0 Å². The second-order valence-electron chi connectivity index (χ2n) is 7.25. The lowest BCUT2D eigenvalue weighted by atomic mass is 10.2. The van der Waals surface area contributed by atoms with Crippen molar-refractivity contribution in [1.29, 1.82) is 0 Å². The molecule has 0 fully saturated rings. The van der Waals surface area contributed by atoms with Crippen molar-refractivity contribution in [2.24, 2.45) is 0 Å². The number of amides is 2. The highest BCUT2D eigenvalue weighted by Gasteiger charge is 2.18. The van der Waals surface area contributed by atoms with E-state index in [0.29, 0.717) is 33.1 Å². The number of sulfonamides is 1. The van der Waals surface area contributed by atoms with Gasteiger partial charge >= 0.3 is 6.03 Å². The van der Waals surface area contributed by atoms with Crippen molar-refractivity contribution >= 4 is 54.1 Å². The number of thiazole rings is 1. The zero-order valence-electron chi connectivity index (χ0n) is 18.6. The van der Waals surface area contributed by atoms with Crippen LogP contribution in [0.4, 0.5) is 21.3 Å². The van der Waals surface area contributed by atoms with Crippen LogP contribution >= 0.6 is 11.3 Å². The number of benzene rings is 3. The van der Waals surface area contributed by atoms with Crippen molar-refractivity contribution in [2.45, 2.75) is 11.8 Å². The van der Waals surface area contributed by atoms with E-state index in [-0.39, 0.29) is 10.0 Å². The van der Waals surface area contributed by atoms with E-state index in [9.17, 15) is 13.2 Å². The number of ether oxygens (including phenoxy) is 2. The average molecular weight is 499 g/mol. The van der Waals surface area contributed by atoms with Crippen LogP contribution in [0.5, 0.6) is 11.5 Å². The molecule has 34 heavy (non-hydrogen) atoms. The van der Waals surface area contributed by atoms with Gasteiger partial charge in [0.05, 0.1) is 29.5 Å². The molecule has 0 spiro atoms. The minimum Gasteiger partial charge on any atom is -0.495 e. The summed E-state index contributed by atoms with van der Waals surface area (Å²) in [5.74, 6) is 0.925. The predicted octanol–water partition coefficient (Wildman–Crippen LogP) is 5.07. The molecule has 0 bridgehead atoms. The number of methoxy groups -OCH3 is 2. The molecule has 0 aliphatic rings. The Morgan fingerprint density at radius 3 is 2.38 bits per heavy atom. The standard InChI is InChI=1S/C23H22N4O5S2/c1-14-9-10-18(31-2)17(11-14)25-22(28)24-15-12-19(32-3)21-20(13-15)33-23(26-21)27-34(29,30)16-7-5-4-6-8-16/h4-13H,1-3H3,(H,26,27)(H2,24,25,28). The molecule has 0 aliphatic heterocycles. The van der Waals surface area contributed by atoms with Gasteiger partial charge in [-0.15, -0.1) is 0 Å². The van der Waals surface area contributed by atoms with E-state index in [4.69, 9.17) is 9.47 Å². The number of nitrogens with one attached hydrogen (secondary N) is 3. The van der Waals surface area contributed by atoms with Gasteiger partial charge in [-0.05, 0) is 42.8 Å². The number of urea groups is 1. The normalized spacial score (nSPS) is 11.1. The van der Waals surface area contributed by atoms with E-state index in [1.165, 1.54) is 26.4 Å². The fourth-order valence-electron chi connectivity index (χ4n) is 3.25. The van der Waals surface area contributed by atoms with Crippen LogP contribution in [0.15, 0.2) is 65.6 Å². The molecule has 0 atom stereocenters. The first kappa shape index (κ1) is 23.3. The number of aromatic nitrogens is 1. The van der Waals surface area contributed by atoms with Crippen LogP contribution in [0.1, 0.15) is 5.56 Å². The van der Waals surface area contributed by atoms with Gasteiger partial charge in [0.1, 0.15) is 17.0 Å². The maximum Gasteiger partial charge on any atom is 0.323 e. The van der Waals surface area contributed by atoms with Gasteiger partial charge in [0.25, 0.3) is 10.0 Å².